The molecule has 2 nitrogen and oxygen atoms in total. The number of hydrogen-bond acceptors (Lipinski definition) is 2. The minimum atomic E-state index is 0.282. The van der Waals surface area contributed by atoms with E-state index in [4.69, 9.17) is 0 Å². The second-order valence-electron chi connectivity index (χ2n) is 5.97. The van der Waals surface area contributed by atoms with E-state index in [-0.39, 0.29) is 5.41 Å². The third-order valence-corrected chi connectivity index (χ3v) is 4.52. The van der Waals surface area contributed by atoms with Gasteiger partial charge in [-0.25, -0.2) is 0 Å². The average molecular weight is 254 g/mol. The fourth-order valence-corrected chi connectivity index (χ4v) is 3.37. The zero-order valence-electron chi connectivity index (χ0n) is 11.8. The quantitative estimate of drug-likeness (QED) is 0.904. The van der Waals surface area contributed by atoms with Gasteiger partial charge in [-0.15, -0.1) is 0 Å². The average Bonchev–Trinajstić information content (AvgIpc) is 2.82. The van der Waals surface area contributed by atoms with Crippen LogP contribution >= 0.6 is 0 Å². The first-order chi connectivity index (χ1) is 9.21. The van der Waals surface area contributed by atoms with E-state index in [1.807, 2.05) is 6.07 Å². The standard InChI is InChI=1S/C17H22N2/c1-3-18-15-8-9-17(2,11-15)14-10-13-6-4-5-7-16(13)19-12-14/h4-7,10,12,15,18H,3,8-9,11H2,1-2H3. The van der Waals surface area contributed by atoms with Crippen molar-refractivity contribution in [2.75, 3.05) is 6.54 Å². The van der Waals surface area contributed by atoms with Crippen LogP contribution in [0.25, 0.3) is 10.9 Å². The predicted octanol–water partition coefficient (Wildman–Crippen LogP) is 3.65. The Morgan fingerprint density at radius 1 is 1.37 bits per heavy atom. The minimum Gasteiger partial charge on any atom is -0.314 e. The number of para-hydroxylation sites is 1. The summed E-state index contributed by atoms with van der Waals surface area (Å²) < 4.78 is 0. The van der Waals surface area contributed by atoms with Crippen LogP contribution in [0.3, 0.4) is 0 Å². The van der Waals surface area contributed by atoms with E-state index in [1.54, 1.807) is 0 Å². The summed E-state index contributed by atoms with van der Waals surface area (Å²) in [7, 11) is 0. The first-order valence-corrected chi connectivity index (χ1v) is 7.30. The highest BCUT2D eigenvalue weighted by atomic mass is 14.9. The molecule has 1 heterocycles. The highest BCUT2D eigenvalue weighted by Gasteiger charge is 2.36. The van der Waals surface area contributed by atoms with Crippen molar-refractivity contribution in [2.45, 2.75) is 44.6 Å². The lowest BCUT2D eigenvalue weighted by molar-refractivity contribution is 0.457. The van der Waals surface area contributed by atoms with Gasteiger partial charge in [-0.3, -0.25) is 4.98 Å². The van der Waals surface area contributed by atoms with Crippen LogP contribution in [0.4, 0.5) is 0 Å². The lowest BCUT2D eigenvalue weighted by atomic mass is 9.81. The van der Waals surface area contributed by atoms with Crippen molar-refractivity contribution in [3.05, 3.63) is 42.1 Å². The summed E-state index contributed by atoms with van der Waals surface area (Å²) in [5.41, 5.74) is 2.77. The molecule has 0 radical (unpaired) electrons. The number of pyridine rings is 1. The van der Waals surface area contributed by atoms with E-state index in [2.05, 4.69) is 54.6 Å². The van der Waals surface area contributed by atoms with E-state index < -0.39 is 0 Å². The molecule has 3 rings (SSSR count). The third-order valence-electron chi connectivity index (χ3n) is 4.52. The number of benzene rings is 1. The summed E-state index contributed by atoms with van der Waals surface area (Å²) in [5.74, 6) is 0. The molecule has 1 aromatic heterocycles. The molecule has 1 N–H and O–H groups in total. The molecule has 2 heteroatoms. The number of rotatable bonds is 3. The molecule has 0 amide bonds. The van der Waals surface area contributed by atoms with Crippen molar-refractivity contribution in [3.8, 4) is 0 Å². The molecule has 1 aliphatic rings. The molecule has 1 aromatic carbocycles. The van der Waals surface area contributed by atoms with Gasteiger partial charge in [0, 0.05) is 17.6 Å². The normalized spacial score (nSPS) is 26.9. The molecule has 2 atom stereocenters. The maximum Gasteiger partial charge on any atom is 0.0702 e. The van der Waals surface area contributed by atoms with Gasteiger partial charge in [0.25, 0.3) is 0 Å². The van der Waals surface area contributed by atoms with Gasteiger partial charge in [-0.05, 0) is 48.9 Å². The Morgan fingerprint density at radius 3 is 3.05 bits per heavy atom. The lowest BCUT2D eigenvalue weighted by Gasteiger charge is -2.25. The summed E-state index contributed by atoms with van der Waals surface area (Å²) in [6.07, 6.45) is 5.83. The summed E-state index contributed by atoms with van der Waals surface area (Å²) in [6, 6.07) is 11.4. The molecular weight excluding hydrogens is 232 g/mol. The van der Waals surface area contributed by atoms with Crippen molar-refractivity contribution in [3.63, 3.8) is 0 Å². The summed E-state index contributed by atoms with van der Waals surface area (Å²) >= 11 is 0. The largest absolute Gasteiger partial charge is 0.314 e. The molecule has 1 aliphatic carbocycles. The van der Waals surface area contributed by atoms with Crippen LogP contribution in [0, 0.1) is 0 Å². The van der Waals surface area contributed by atoms with Gasteiger partial charge in [0.05, 0.1) is 5.52 Å². The first kappa shape index (κ1) is 12.6. The fraction of sp³-hybridized carbons (Fsp3) is 0.471. The van der Waals surface area contributed by atoms with Crippen molar-refractivity contribution in [1.82, 2.24) is 10.3 Å². The van der Waals surface area contributed by atoms with Gasteiger partial charge in [0.2, 0.25) is 0 Å². The van der Waals surface area contributed by atoms with Gasteiger partial charge in [-0.1, -0.05) is 32.0 Å². The summed E-state index contributed by atoms with van der Waals surface area (Å²) in [5, 5.41) is 4.84. The zero-order valence-corrected chi connectivity index (χ0v) is 11.8. The van der Waals surface area contributed by atoms with Crippen LogP contribution in [0.1, 0.15) is 38.7 Å². The Balaban J connectivity index is 1.91. The molecule has 1 saturated carbocycles. The number of aromatic nitrogens is 1. The Labute approximate surface area is 115 Å². The number of hydrogen-bond donors (Lipinski definition) is 1. The van der Waals surface area contributed by atoms with Gasteiger partial charge in [-0.2, -0.15) is 0 Å². The maximum atomic E-state index is 4.62. The Bertz CT molecular complexity index is 578. The maximum absolute atomic E-state index is 4.62. The molecule has 1 fully saturated rings. The molecule has 19 heavy (non-hydrogen) atoms. The highest BCUT2D eigenvalue weighted by molar-refractivity contribution is 5.79. The van der Waals surface area contributed by atoms with Crippen molar-refractivity contribution in [2.24, 2.45) is 0 Å². The van der Waals surface area contributed by atoms with Gasteiger partial charge < -0.3 is 5.32 Å². The van der Waals surface area contributed by atoms with Gasteiger partial charge >= 0.3 is 0 Å². The fourth-order valence-electron chi connectivity index (χ4n) is 3.37. The molecule has 0 saturated heterocycles. The van der Waals surface area contributed by atoms with Crippen molar-refractivity contribution in [1.29, 1.82) is 0 Å². The number of nitrogens with zero attached hydrogens (tertiary/aromatic N) is 1. The lowest BCUT2D eigenvalue weighted by Crippen LogP contribution is -2.28. The van der Waals surface area contributed by atoms with E-state index in [0.717, 1.165) is 12.1 Å². The number of nitrogens with one attached hydrogen (secondary N) is 1. The van der Waals surface area contributed by atoms with E-state index >= 15 is 0 Å². The van der Waals surface area contributed by atoms with Crippen molar-refractivity contribution >= 4 is 10.9 Å². The molecule has 0 spiro atoms. The molecule has 100 valence electrons. The van der Waals surface area contributed by atoms with Gasteiger partial charge in [0.15, 0.2) is 0 Å². The first-order valence-electron chi connectivity index (χ1n) is 7.30. The second kappa shape index (κ2) is 4.93. The summed E-state index contributed by atoms with van der Waals surface area (Å²) in [6.45, 7) is 5.64. The molecule has 0 bridgehead atoms. The summed E-state index contributed by atoms with van der Waals surface area (Å²) in [4.78, 5) is 4.62. The Kier molecular flexibility index (Phi) is 3.28. The Hall–Kier alpha value is -1.41. The Morgan fingerprint density at radius 2 is 2.21 bits per heavy atom. The van der Waals surface area contributed by atoms with Crippen LogP contribution in [-0.4, -0.2) is 17.6 Å². The smallest absolute Gasteiger partial charge is 0.0702 e. The SMILES string of the molecule is CCNC1CCC(C)(c2cnc3ccccc3c2)C1. The zero-order chi connectivity index (χ0) is 13.3. The van der Waals surface area contributed by atoms with Gasteiger partial charge in [0.1, 0.15) is 0 Å². The second-order valence-corrected chi connectivity index (χ2v) is 5.97. The van der Waals surface area contributed by atoms with Crippen LogP contribution < -0.4 is 5.32 Å². The van der Waals surface area contributed by atoms with E-state index in [0.29, 0.717) is 6.04 Å². The van der Waals surface area contributed by atoms with Crippen LogP contribution in [0.5, 0.6) is 0 Å². The molecule has 2 unspecified atom stereocenters. The number of fused-ring (bicyclic) bond motifs is 1. The van der Waals surface area contributed by atoms with Crippen LogP contribution in [-0.2, 0) is 5.41 Å². The van der Waals surface area contributed by atoms with Crippen LogP contribution in [0.15, 0.2) is 36.5 Å². The minimum absolute atomic E-state index is 0.282. The van der Waals surface area contributed by atoms with Crippen molar-refractivity contribution < 1.29 is 0 Å². The monoisotopic (exact) mass is 254 g/mol. The topological polar surface area (TPSA) is 24.9 Å². The highest BCUT2D eigenvalue weighted by Crippen LogP contribution is 2.41. The molecular formula is C17H22N2. The third kappa shape index (κ3) is 2.37. The van der Waals surface area contributed by atoms with E-state index in [9.17, 15) is 0 Å². The van der Waals surface area contributed by atoms with E-state index in [1.165, 1.54) is 30.2 Å². The molecule has 0 aliphatic heterocycles. The molecule has 2 aromatic rings. The predicted molar refractivity (Wildman–Crippen MR) is 80.4 cm³/mol. The van der Waals surface area contributed by atoms with Crippen LogP contribution in [0.2, 0.25) is 0 Å².